The van der Waals surface area contributed by atoms with Crippen LogP contribution in [0.4, 0.5) is 0 Å². The van der Waals surface area contributed by atoms with Crippen LogP contribution in [0.3, 0.4) is 0 Å². The molecule has 5 fully saturated rings. The smallest absolute Gasteiger partial charge is 0.207 e. The van der Waals surface area contributed by atoms with Crippen LogP contribution in [0.25, 0.3) is 0 Å². The van der Waals surface area contributed by atoms with Gasteiger partial charge in [-0.05, 0) is 34.6 Å². The highest BCUT2D eigenvalue weighted by atomic mass is 16.8. The number of carbonyl (C=O) groups is 3. The Bertz CT molecular complexity index is 1330. The summed E-state index contributed by atoms with van der Waals surface area (Å²) in [7, 11) is 0. The lowest BCUT2D eigenvalue weighted by atomic mass is 9.94. The average molecular weight is 830 g/mol. The summed E-state index contributed by atoms with van der Waals surface area (Å²) in [4.78, 5) is 34.1. The molecule has 12 N–H and O–H groups in total. The molecular weight excluding hydrogens is 774 g/mol. The van der Waals surface area contributed by atoms with E-state index in [2.05, 4.69) is 16.0 Å². The van der Waals surface area contributed by atoms with Crippen molar-refractivity contribution in [3.8, 4) is 0 Å². The van der Waals surface area contributed by atoms with Gasteiger partial charge in [-0.25, -0.2) is 0 Å². The van der Waals surface area contributed by atoms with Gasteiger partial charge in [0, 0.05) is 0 Å². The van der Waals surface area contributed by atoms with Gasteiger partial charge >= 0.3 is 0 Å². The summed E-state index contributed by atoms with van der Waals surface area (Å²) in [6, 6.07) is -3.37. The number of hydrogen-bond donors (Lipinski definition) is 12. The van der Waals surface area contributed by atoms with Crippen molar-refractivity contribution in [2.75, 3.05) is 0 Å². The zero-order valence-corrected chi connectivity index (χ0v) is 31.6. The van der Waals surface area contributed by atoms with Crippen molar-refractivity contribution in [1.82, 2.24) is 16.0 Å². The fourth-order valence-electron chi connectivity index (χ4n) is 7.66. The molecule has 0 radical (unpaired) electrons. The molecule has 0 aromatic heterocycles. The zero-order valence-electron chi connectivity index (χ0n) is 31.6. The van der Waals surface area contributed by atoms with E-state index in [-0.39, 0.29) is 0 Å². The molecule has 3 amide bonds. The van der Waals surface area contributed by atoms with Crippen molar-refractivity contribution >= 4 is 19.2 Å². The molecule has 0 aliphatic carbocycles. The van der Waals surface area contributed by atoms with E-state index in [0.29, 0.717) is 19.2 Å². The Morgan fingerprint density at radius 2 is 0.684 bits per heavy atom. The molecule has 0 bridgehead atoms. The third-order valence-electron chi connectivity index (χ3n) is 11.0. The van der Waals surface area contributed by atoms with Gasteiger partial charge < -0.3 is 105 Å². The van der Waals surface area contributed by atoms with E-state index in [1.165, 1.54) is 34.6 Å². The molecular formula is C33H55N3O21. The van der Waals surface area contributed by atoms with Crippen LogP contribution >= 0.6 is 0 Å². The Balaban J connectivity index is 1.45. The topological polar surface area (TPSA) is 352 Å². The maximum absolute atomic E-state index is 11.6. The highest BCUT2D eigenvalue weighted by Crippen LogP contribution is 2.36. The minimum Gasteiger partial charge on any atom is -0.388 e. The molecule has 0 spiro atoms. The summed E-state index contributed by atoms with van der Waals surface area (Å²) in [6.45, 7) is 7.17. The summed E-state index contributed by atoms with van der Waals surface area (Å²) in [5.41, 5.74) is 0. The Labute approximate surface area is 326 Å². The molecule has 1 unspecified atom stereocenters. The third-order valence-corrected chi connectivity index (χ3v) is 11.0. The van der Waals surface area contributed by atoms with Crippen LogP contribution in [0.2, 0.25) is 0 Å². The van der Waals surface area contributed by atoms with Gasteiger partial charge in [-0.2, -0.15) is 0 Å². The molecule has 5 heterocycles. The lowest BCUT2D eigenvalue weighted by Gasteiger charge is -2.50. The van der Waals surface area contributed by atoms with E-state index in [4.69, 9.17) is 42.6 Å². The monoisotopic (exact) mass is 829 g/mol. The highest BCUT2D eigenvalue weighted by molar-refractivity contribution is 5.48. The van der Waals surface area contributed by atoms with Crippen molar-refractivity contribution in [2.24, 2.45) is 0 Å². The minimum atomic E-state index is -1.87. The second kappa shape index (κ2) is 19.4. The molecule has 5 aliphatic rings. The minimum absolute atomic E-state index is 0.294. The van der Waals surface area contributed by atoms with E-state index >= 15 is 0 Å². The molecule has 24 nitrogen and oxygen atoms in total. The molecule has 24 heteroatoms. The van der Waals surface area contributed by atoms with Gasteiger partial charge in [-0.15, -0.1) is 0 Å². The van der Waals surface area contributed by atoms with Crippen molar-refractivity contribution in [2.45, 2.75) is 188 Å². The molecule has 5 rings (SSSR count). The fourth-order valence-corrected chi connectivity index (χ4v) is 7.66. The Kier molecular flexibility index (Phi) is 15.6. The highest BCUT2D eigenvalue weighted by Gasteiger charge is 2.56. The summed E-state index contributed by atoms with van der Waals surface area (Å²) in [5.74, 6) is 0. The van der Waals surface area contributed by atoms with E-state index in [1.54, 1.807) is 0 Å². The zero-order chi connectivity index (χ0) is 42.0. The summed E-state index contributed by atoms with van der Waals surface area (Å²) in [6.07, 6.45) is -33.5. The number of rotatable bonds is 14. The normalized spacial score (nSPS) is 52.0. The maximum Gasteiger partial charge on any atom is 0.207 e. The largest absolute Gasteiger partial charge is 0.388 e. The summed E-state index contributed by atoms with van der Waals surface area (Å²) < 4.78 is 52.9. The quantitative estimate of drug-likeness (QED) is 0.0724. The first kappa shape index (κ1) is 45.8. The van der Waals surface area contributed by atoms with Crippen molar-refractivity contribution < 1.29 is 103 Å². The van der Waals surface area contributed by atoms with E-state index < -0.39 is 153 Å². The van der Waals surface area contributed by atoms with Gasteiger partial charge in [0.15, 0.2) is 31.5 Å². The first-order chi connectivity index (χ1) is 26.9. The number of amides is 3. The lowest BCUT2D eigenvalue weighted by Crippen LogP contribution is -2.69. The van der Waals surface area contributed by atoms with Gasteiger partial charge in [-0.3, -0.25) is 14.4 Å². The Morgan fingerprint density at radius 3 is 1.12 bits per heavy atom. The molecule has 328 valence electrons. The van der Waals surface area contributed by atoms with Crippen molar-refractivity contribution in [3.05, 3.63) is 0 Å². The lowest BCUT2D eigenvalue weighted by molar-refractivity contribution is -0.401. The van der Waals surface area contributed by atoms with E-state index in [9.17, 15) is 60.3 Å². The van der Waals surface area contributed by atoms with E-state index in [0.717, 1.165) is 0 Å². The van der Waals surface area contributed by atoms with Crippen molar-refractivity contribution in [3.63, 3.8) is 0 Å². The number of ether oxygens (including phenoxy) is 9. The number of aliphatic hydroxyl groups is 9. The van der Waals surface area contributed by atoms with Gasteiger partial charge in [0.2, 0.25) is 19.2 Å². The fraction of sp³-hybridized carbons (Fsp3) is 0.909. The van der Waals surface area contributed by atoms with Crippen LogP contribution in [0.5, 0.6) is 0 Å². The number of hydrogen-bond acceptors (Lipinski definition) is 21. The second-order valence-electron chi connectivity index (χ2n) is 14.8. The standard InChI is InChI=1S/C33H55N3O21/c1-9-14(34-6-37)19(42)24(47)30(50-9)55-26-20(43)15(35-7-38)11(3)52-32(26)57-28-23(46)18(41)13(5)53-33(28)56-27-21(44)16(36-8-39)10(2)51-31(27)54-25-22(45)17(40)12(4)49-29(25)48/h6-33,40-48H,1-5H3,(H,34,37)(H,35,38)(H,36,39)/t9-,10-,11-,12-,13-,14-,15-,16-,17-,18-,19+,20+,21+,22+,23+,24+,25+,26+,27+,28+,29?,30-,31-,32-,33-/m1/s1. The predicted octanol–water partition coefficient (Wildman–Crippen LogP) is -7.53. The molecule has 57 heavy (non-hydrogen) atoms. The Morgan fingerprint density at radius 1 is 0.368 bits per heavy atom. The molecule has 0 saturated carbocycles. The predicted molar refractivity (Wildman–Crippen MR) is 180 cm³/mol. The van der Waals surface area contributed by atoms with Crippen LogP contribution in [0.1, 0.15) is 34.6 Å². The first-order valence-electron chi connectivity index (χ1n) is 18.6. The third kappa shape index (κ3) is 9.53. The van der Waals surface area contributed by atoms with Crippen LogP contribution in [0.15, 0.2) is 0 Å². The number of carbonyl (C=O) groups excluding carboxylic acids is 3. The second-order valence-corrected chi connectivity index (χ2v) is 14.8. The van der Waals surface area contributed by atoms with Gasteiger partial charge in [-0.1, -0.05) is 0 Å². The first-order valence-corrected chi connectivity index (χ1v) is 18.6. The van der Waals surface area contributed by atoms with Crippen molar-refractivity contribution in [1.29, 1.82) is 0 Å². The van der Waals surface area contributed by atoms with Gasteiger partial charge in [0.05, 0.1) is 48.6 Å². The average Bonchev–Trinajstić information content (AvgIpc) is 3.16. The SMILES string of the molecule is C[C@H]1O[C@H](O[C@@H]2[C@@H](O[C@@H]3C(O)O[C@H](C)[C@@H](O)[C@@H]3O)O[C@H](C)[C@@H](NC=O)[C@@H]2O)[C@@H](O[C@H]2O[C@H](C)[C@@H](NC=O)[C@H](O)[C@@H]2O[C@H]2O[C@H](C)[C@@H](NC=O)[C@H](O)[C@@H]2O)[C@@H](O)[C@@H]1O. The molecule has 0 aromatic rings. The van der Waals surface area contributed by atoms with Crippen LogP contribution < -0.4 is 16.0 Å². The number of nitrogens with one attached hydrogen (secondary N) is 3. The van der Waals surface area contributed by atoms with Crippen LogP contribution in [0, 0.1) is 0 Å². The van der Waals surface area contributed by atoms with Crippen LogP contribution in [-0.2, 0) is 57.0 Å². The molecule has 5 saturated heterocycles. The molecule has 25 atom stereocenters. The van der Waals surface area contributed by atoms with Crippen LogP contribution in [-0.4, -0.2) is 219 Å². The number of aliphatic hydroxyl groups excluding tert-OH is 9. The van der Waals surface area contributed by atoms with Gasteiger partial charge in [0.25, 0.3) is 0 Å². The van der Waals surface area contributed by atoms with E-state index in [1.807, 2.05) is 0 Å². The molecule has 5 aliphatic heterocycles. The van der Waals surface area contributed by atoms with Gasteiger partial charge in [0.1, 0.15) is 73.2 Å². The molecule has 0 aromatic carbocycles. The Hall–Kier alpha value is -2.31. The maximum atomic E-state index is 11.6. The summed E-state index contributed by atoms with van der Waals surface area (Å²) in [5, 5.41) is 106. The summed E-state index contributed by atoms with van der Waals surface area (Å²) >= 11 is 0.